The van der Waals surface area contributed by atoms with E-state index in [4.69, 9.17) is 47.4 Å². The Labute approximate surface area is 309 Å². The maximum Gasteiger partial charge on any atom is 0.333 e. The molecule has 0 saturated heterocycles. The quantitative estimate of drug-likeness (QED) is 0.0365. The number of esters is 1. The summed E-state index contributed by atoms with van der Waals surface area (Å²) in [6.45, 7) is 13.1. The summed E-state index contributed by atoms with van der Waals surface area (Å²) in [6, 6.07) is 30.9. The number of carbonyl (C=O) groups excluding carboxylic acids is 1. The molecule has 0 aliphatic carbocycles. The maximum absolute atomic E-state index is 11.2. The molecule has 3 aromatic rings. The molecule has 52 heavy (non-hydrogen) atoms. The lowest BCUT2D eigenvalue weighted by atomic mass is 9.80. The molecular formula is C41H56O11. The van der Waals surface area contributed by atoms with Crippen LogP contribution in [0.1, 0.15) is 23.6 Å². The Morgan fingerprint density at radius 3 is 0.942 bits per heavy atom. The minimum Gasteiger partial charge on any atom is -0.460 e. The summed E-state index contributed by atoms with van der Waals surface area (Å²) in [5.41, 5.74) is 2.80. The van der Waals surface area contributed by atoms with Crippen LogP contribution in [0.5, 0.6) is 0 Å². The number of carbonyl (C=O) groups is 1. The lowest BCUT2D eigenvalue weighted by Gasteiger charge is -2.36. The molecule has 0 aliphatic heterocycles. The van der Waals surface area contributed by atoms with Gasteiger partial charge in [-0.15, -0.1) is 0 Å². The highest BCUT2D eigenvalue weighted by molar-refractivity contribution is 5.86. The highest BCUT2D eigenvalue weighted by Crippen LogP contribution is 2.40. The molecule has 286 valence electrons. The molecule has 3 aromatic carbocycles. The van der Waals surface area contributed by atoms with Crippen LogP contribution in [0.15, 0.2) is 103 Å². The van der Waals surface area contributed by atoms with E-state index >= 15 is 0 Å². The molecule has 0 bridgehead atoms. The third kappa shape index (κ3) is 17.4. The van der Waals surface area contributed by atoms with Crippen LogP contribution in [0.25, 0.3) is 0 Å². The number of benzene rings is 3. The van der Waals surface area contributed by atoms with Gasteiger partial charge in [0.15, 0.2) is 0 Å². The fraction of sp³-hybridized carbons (Fsp3) is 0.488. The average molecular weight is 725 g/mol. The molecule has 0 atom stereocenters. The first kappa shape index (κ1) is 42.9. The summed E-state index contributed by atoms with van der Waals surface area (Å²) in [5, 5.41) is 0. The third-order valence-electron chi connectivity index (χ3n) is 7.50. The molecule has 0 amide bonds. The highest BCUT2D eigenvalue weighted by atomic mass is 16.6. The first-order valence-corrected chi connectivity index (χ1v) is 17.9. The Balaban J connectivity index is 1.10. The van der Waals surface area contributed by atoms with Crippen LogP contribution in [-0.4, -0.2) is 125 Å². The van der Waals surface area contributed by atoms with Gasteiger partial charge in [-0.25, -0.2) is 4.79 Å². The molecule has 0 aromatic heterocycles. The molecule has 0 unspecified atom stereocenters. The second-order valence-corrected chi connectivity index (χ2v) is 11.4. The van der Waals surface area contributed by atoms with Crippen molar-refractivity contribution in [3.8, 4) is 0 Å². The zero-order valence-corrected chi connectivity index (χ0v) is 30.6. The molecule has 0 aliphatic rings. The van der Waals surface area contributed by atoms with Gasteiger partial charge >= 0.3 is 5.97 Å². The summed E-state index contributed by atoms with van der Waals surface area (Å²) >= 11 is 0. The Kier molecular flexibility index (Phi) is 23.2. The van der Waals surface area contributed by atoms with E-state index in [1.807, 2.05) is 54.6 Å². The Hall–Kier alpha value is -3.49. The first-order valence-electron chi connectivity index (χ1n) is 17.9. The first-order chi connectivity index (χ1) is 25.6. The molecule has 11 nitrogen and oxygen atoms in total. The van der Waals surface area contributed by atoms with E-state index in [0.717, 1.165) is 16.7 Å². The SMILES string of the molecule is C=C(C)C(=O)OCCOCCOCCOCCOCCOCCOCCOCCOCCOC(c1ccccc1)(c1ccccc1)c1ccccc1. The van der Waals surface area contributed by atoms with Gasteiger partial charge < -0.3 is 47.4 Å². The van der Waals surface area contributed by atoms with E-state index in [2.05, 4.69) is 43.0 Å². The van der Waals surface area contributed by atoms with Gasteiger partial charge in [-0.1, -0.05) is 97.6 Å². The second-order valence-electron chi connectivity index (χ2n) is 11.4. The van der Waals surface area contributed by atoms with Crippen LogP contribution < -0.4 is 0 Å². The normalized spacial score (nSPS) is 11.5. The van der Waals surface area contributed by atoms with Gasteiger partial charge in [0.2, 0.25) is 0 Å². The summed E-state index contributed by atoms with van der Waals surface area (Å²) in [4.78, 5) is 11.2. The van der Waals surface area contributed by atoms with Crippen molar-refractivity contribution in [3.63, 3.8) is 0 Å². The molecular weight excluding hydrogens is 668 g/mol. The summed E-state index contributed by atoms with van der Waals surface area (Å²) in [5.74, 6) is -0.413. The van der Waals surface area contributed by atoms with Crippen molar-refractivity contribution in [2.75, 3.05) is 119 Å². The molecule has 11 heteroatoms. The van der Waals surface area contributed by atoms with Crippen molar-refractivity contribution < 1.29 is 52.2 Å². The molecule has 0 spiro atoms. The van der Waals surface area contributed by atoms with Crippen molar-refractivity contribution in [1.29, 1.82) is 0 Å². The van der Waals surface area contributed by atoms with Crippen LogP contribution in [0.4, 0.5) is 0 Å². The van der Waals surface area contributed by atoms with Crippen molar-refractivity contribution in [2.45, 2.75) is 12.5 Å². The van der Waals surface area contributed by atoms with Gasteiger partial charge in [-0.05, 0) is 23.6 Å². The van der Waals surface area contributed by atoms with Gasteiger partial charge in [0.05, 0.1) is 112 Å². The lowest BCUT2D eigenvalue weighted by Crippen LogP contribution is -2.34. The van der Waals surface area contributed by atoms with Crippen molar-refractivity contribution in [1.82, 2.24) is 0 Å². The van der Waals surface area contributed by atoms with E-state index in [1.54, 1.807) is 6.92 Å². The largest absolute Gasteiger partial charge is 0.460 e. The topological polar surface area (TPSA) is 109 Å². The van der Waals surface area contributed by atoms with Gasteiger partial charge in [-0.3, -0.25) is 0 Å². The van der Waals surface area contributed by atoms with Crippen molar-refractivity contribution in [3.05, 3.63) is 120 Å². The highest BCUT2D eigenvalue weighted by Gasteiger charge is 2.37. The van der Waals surface area contributed by atoms with Crippen LogP contribution in [-0.2, 0) is 57.8 Å². The van der Waals surface area contributed by atoms with E-state index in [-0.39, 0.29) is 6.61 Å². The molecule has 0 radical (unpaired) electrons. The van der Waals surface area contributed by atoms with E-state index in [0.29, 0.717) is 118 Å². The monoisotopic (exact) mass is 724 g/mol. The number of hydrogen-bond donors (Lipinski definition) is 0. The van der Waals surface area contributed by atoms with Crippen molar-refractivity contribution >= 4 is 5.97 Å². The second kappa shape index (κ2) is 28.1. The zero-order valence-electron chi connectivity index (χ0n) is 30.6. The Bertz CT molecular complexity index is 1210. The summed E-state index contributed by atoms with van der Waals surface area (Å²) in [7, 11) is 0. The smallest absolute Gasteiger partial charge is 0.333 e. The van der Waals surface area contributed by atoms with Crippen molar-refractivity contribution in [2.24, 2.45) is 0 Å². The molecule has 0 heterocycles. The predicted molar refractivity (Wildman–Crippen MR) is 197 cm³/mol. The van der Waals surface area contributed by atoms with Gasteiger partial charge in [0, 0.05) is 5.57 Å². The molecule has 0 saturated carbocycles. The van der Waals surface area contributed by atoms with Gasteiger partial charge in [-0.2, -0.15) is 0 Å². The van der Waals surface area contributed by atoms with Gasteiger partial charge in [0.1, 0.15) is 12.2 Å². The fourth-order valence-electron chi connectivity index (χ4n) is 4.98. The molecule has 0 fully saturated rings. The minimum absolute atomic E-state index is 0.197. The standard InChI is InChI=1S/C41H56O11/c1-36(2)40(42)51-34-32-49-30-28-47-26-24-45-22-20-43-18-19-44-21-23-46-25-27-48-29-31-50-33-35-52-41(37-12-6-3-7-13-37,38-14-8-4-9-15-38)39-16-10-5-11-17-39/h3-17H,1,18-35H2,2H3. The van der Waals surface area contributed by atoms with Crippen LogP contribution in [0, 0.1) is 0 Å². The maximum atomic E-state index is 11.2. The Morgan fingerprint density at radius 1 is 0.423 bits per heavy atom. The predicted octanol–water partition coefficient (Wildman–Crippen LogP) is 5.25. The number of rotatable bonds is 32. The van der Waals surface area contributed by atoms with Gasteiger partial charge in [0.25, 0.3) is 0 Å². The third-order valence-corrected chi connectivity index (χ3v) is 7.50. The lowest BCUT2D eigenvalue weighted by molar-refractivity contribution is -0.140. The Morgan fingerprint density at radius 2 is 0.673 bits per heavy atom. The average Bonchev–Trinajstić information content (AvgIpc) is 3.18. The molecule has 0 N–H and O–H groups in total. The van der Waals surface area contributed by atoms with E-state index in [1.165, 1.54) is 0 Å². The fourth-order valence-corrected chi connectivity index (χ4v) is 4.98. The minimum atomic E-state index is -0.755. The van der Waals surface area contributed by atoms with Crippen LogP contribution in [0.2, 0.25) is 0 Å². The van der Waals surface area contributed by atoms with E-state index in [9.17, 15) is 4.79 Å². The summed E-state index contributed by atoms with van der Waals surface area (Å²) < 4.78 is 55.9. The number of hydrogen-bond acceptors (Lipinski definition) is 11. The van der Waals surface area contributed by atoms with Crippen LogP contribution >= 0.6 is 0 Å². The van der Waals surface area contributed by atoms with E-state index < -0.39 is 11.6 Å². The number of ether oxygens (including phenoxy) is 10. The molecule has 3 rings (SSSR count). The van der Waals surface area contributed by atoms with Crippen LogP contribution in [0.3, 0.4) is 0 Å². The zero-order chi connectivity index (χ0) is 36.8. The summed E-state index contributed by atoms with van der Waals surface area (Å²) in [6.07, 6.45) is 0.